The van der Waals surface area contributed by atoms with E-state index >= 15 is 0 Å². The average molecular weight is 266 g/mol. The zero-order chi connectivity index (χ0) is 13.3. The lowest BCUT2D eigenvalue weighted by molar-refractivity contribution is -0.147. The smallest absolute Gasteiger partial charge is 0.325 e. The maximum Gasteiger partial charge on any atom is 0.325 e. The third kappa shape index (κ3) is 2.40. The highest BCUT2D eigenvalue weighted by Gasteiger charge is 2.54. The van der Waals surface area contributed by atoms with Gasteiger partial charge in [0.2, 0.25) is 0 Å². The Balaban J connectivity index is 1.76. The van der Waals surface area contributed by atoms with E-state index in [1.807, 2.05) is 0 Å². The lowest BCUT2D eigenvalue weighted by atomic mass is 9.83. The molecule has 2 unspecified atom stereocenters. The Morgan fingerprint density at radius 2 is 1.79 bits per heavy atom. The fourth-order valence-electron chi connectivity index (χ4n) is 4.39. The summed E-state index contributed by atoms with van der Waals surface area (Å²) >= 11 is 0. The van der Waals surface area contributed by atoms with Gasteiger partial charge in [-0.1, -0.05) is 25.7 Å². The quantitative estimate of drug-likeness (QED) is 0.820. The number of fused-ring (bicyclic) bond motifs is 1. The molecule has 0 radical (unpaired) electrons. The van der Waals surface area contributed by atoms with Crippen molar-refractivity contribution >= 4 is 5.97 Å². The highest BCUT2D eigenvalue weighted by atomic mass is 16.4. The summed E-state index contributed by atoms with van der Waals surface area (Å²) in [6.45, 7) is 2.04. The van der Waals surface area contributed by atoms with E-state index in [0.29, 0.717) is 6.04 Å². The minimum atomic E-state index is -0.664. The standard InChI is InChI=1S/C15H26N2O2/c18-14(19)15(16-12-6-2-1-3-7-12)9-11-17-10-5-4-8-13(15)17/h12-13,16H,1-11H2,(H,18,19). The monoisotopic (exact) mass is 266 g/mol. The first-order valence-electron chi connectivity index (χ1n) is 7.97. The van der Waals surface area contributed by atoms with Crippen LogP contribution in [0.15, 0.2) is 0 Å². The van der Waals surface area contributed by atoms with Crippen molar-refractivity contribution in [3.8, 4) is 0 Å². The fraction of sp³-hybridized carbons (Fsp3) is 0.933. The van der Waals surface area contributed by atoms with Crippen molar-refractivity contribution in [2.45, 2.75) is 75.4 Å². The molecule has 19 heavy (non-hydrogen) atoms. The van der Waals surface area contributed by atoms with Crippen LogP contribution in [0.3, 0.4) is 0 Å². The first kappa shape index (κ1) is 13.4. The zero-order valence-electron chi connectivity index (χ0n) is 11.7. The Kier molecular flexibility index (Phi) is 3.81. The second-order valence-corrected chi connectivity index (χ2v) is 6.55. The molecule has 2 N–H and O–H groups in total. The van der Waals surface area contributed by atoms with Crippen LogP contribution in [-0.2, 0) is 4.79 Å². The predicted molar refractivity (Wildman–Crippen MR) is 74.2 cm³/mol. The molecule has 0 aromatic rings. The van der Waals surface area contributed by atoms with Crippen LogP contribution >= 0.6 is 0 Å². The maximum absolute atomic E-state index is 12.0. The Hall–Kier alpha value is -0.610. The van der Waals surface area contributed by atoms with E-state index in [0.717, 1.165) is 38.8 Å². The van der Waals surface area contributed by atoms with Crippen molar-refractivity contribution in [2.24, 2.45) is 0 Å². The van der Waals surface area contributed by atoms with Gasteiger partial charge in [0.05, 0.1) is 0 Å². The van der Waals surface area contributed by atoms with E-state index in [-0.39, 0.29) is 6.04 Å². The van der Waals surface area contributed by atoms with Gasteiger partial charge in [0.1, 0.15) is 5.54 Å². The number of piperidine rings is 1. The van der Waals surface area contributed by atoms with Gasteiger partial charge in [-0.2, -0.15) is 0 Å². The van der Waals surface area contributed by atoms with Gasteiger partial charge in [0.25, 0.3) is 0 Å². The summed E-state index contributed by atoms with van der Waals surface area (Å²) < 4.78 is 0. The molecular weight excluding hydrogens is 240 g/mol. The molecule has 2 atom stereocenters. The van der Waals surface area contributed by atoms with Gasteiger partial charge in [-0.05, 0) is 38.6 Å². The van der Waals surface area contributed by atoms with Gasteiger partial charge < -0.3 is 5.11 Å². The average Bonchev–Trinajstić information content (AvgIpc) is 2.81. The number of carbonyl (C=O) groups is 1. The Labute approximate surface area is 115 Å². The van der Waals surface area contributed by atoms with Crippen LogP contribution in [0, 0.1) is 0 Å². The molecule has 4 heteroatoms. The topological polar surface area (TPSA) is 52.6 Å². The van der Waals surface area contributed by atoms with E-state index < -0.39 is 11.5 Å². The number of rotatable bonds is 3. The van der Waals surface area contributed by atoms with Gasteiger partial charge in [0, 0.05) is 18.6 Å². The summed E-state index contributed by atoms with van der Waals surface area (Å²) in [6.07, 6.45) is 10.4. The van der Waals surface area contributed by atoms with Crippen LogP contribution in [0.25, 0.3) is 0 Å². The zero-order valence-corrected chi connectivity index (χ0v) is 11.7. The third-order valence-electron chi connectivity index (χ3n) is 5.42. The second kappa shape index (κ2) is 5.41. The van der Waals surface area contributed by atoms with Crippen LogP contribution in [0.5, 0.6) is 0 Å². The Morgan fingerprint density at radius 3 is 2.53 bits per heavy atom. The van der Waals surface area contributed by atoms with E-state index in [1.54, 1.807) is 0 Å². The van der Waals surface area contributed by atoms with Crippen molar-refractivity contribution in [3.05, 3.63) is 0 Å². The lowest BCUT2D eigenvalue weighted by Crippen LogP contribution is -2.63. The van der Waals surface area contributed by atoms with Crippen LogP contribution in [0.1, 0.15) is 57.8 Å². The molecule has 1 saturated carbocycles. The second-order valence-electron chi connectivity index (χ2n) is 6.55. The molecule has 0 aromatic heterocycles. The van der Waals surface area contributed by atoms with Crippen molar-refractivity contribution in [3.63, 3.8) is 0 Å². The summed E-state index contributed by atoms with van der Waals surface area (Å²) in [7, 11) is 0. The van der Waals surface area contributed by atoms with Crippen LogP contribution in [-0.4, -0.2) is 46.7 Å². The van der Waals surface area contributed by atoms with E-state index in [4.69, 9.17) is 0 Å². The Morgan fingerprint density at radius 1 is 1.05 bits per heavy atom. The van der Waals surface area contributed by atoms with Crippen LogP contribution in [0.4, 0.5) is 0 Å². The minimum absolute atomic E-state index is 0.223. The predicted octanol–water partition coefficient (Wildman–Crippen LogP) is 1.99. The molecule has 4 nitrogen and oxygen atoms in total. The van der Waals surface area contributed by atoms with E-state index in [1.165, 1.54) is 32.1 Å². The van der Waals surface area contributed by atoms with Crippen molar-refractivity contribution in [1.82, 2.24) is 10.2 Å². The lowest BCUT2D eigenvalue weighted by Gasteiger charge is -2.41. The molecule has 0 spiro atoms. The van der Waals surface area contributed by atoms with Gasteiger partial charge in [-0.3, -0.25) is 15.0 Å². The first-order valence-corrected chi connectivity index (χ1v) is 7.97. The molecule has 2 heterocycles. The molecule has 3 rings (SSSR count). The van der Waals surface area contributed by atoms with Crippen molar-refractivity contribution in [1.29, 1.82) is 0 Å². The van der Waals surface area contributed by atoms with Gasteiger partial charge >= 0.3 is 5.97 Å². The summed E-state index contributed by atoms with van der Waals surface area (Å²) in [5.41, 5.74) is -0.664. The maximum atomic E-state index is 12.0. The summed E-state index contributed by atoms with van der Waals surface area (Å²) in [4.78, 5) is 14.4. The van der Waals surface area contributed by atoms with Crippen molar-refractivity contribution in [2.75, 3.05) is 13.1 Å². The molecule has 0 bridgehead atoms. The summed E-state index contributed by atoms with van der Waals surface area (Å²) in [5, 5.41) is 13.4. The largest absolute Gasteiger partial charge is 0.480 e. The number of hydrogen-bond acceptors (Lipinski definition) is 3. The van der Waals surface area contributed by atoms with E-state index in [2.05, 4.69) is 10.2 Å². The first-order chi connectivity index (χ1) is 9.22. The molecular formula is C15H26N2O2. The molecule has 1 aliphatic carbocycles. The highest BCUT2D eigenvalue weighted by molar-refractivity contribution is 5.80. The van der Waals surface area contributed by atoms with Crippen LogP contribution < -0.4 is 5.32 Å². The molecule has 2 saturated heterocycles. The van der Waals surface area contributed by atoms with Crippen molar-refractivity contribution < 1.29 is 9.90 Å². The van der Waals surface area contributed by atoms with E-state index in [9.17, 15) is 9.90 Å². The SMILES string of the molecule is O=C(O)C1(NC2CCCCC2)CCN2CCCCC21. The van der Waals surface area contributed by atoms with Crippen LogP contribution in [0.2, 0.25) is 0 Å². The molecule has 3 aliphatic rings. The minimum Gasteiger partial charge on any atom is -0.480 e. The normalized spacial score (nSPS) is 37.2. The molecule has 2 aliphatic heterocycles. The molecule has 0 amide bonds. The van der Waals surface area contributed by atoms with Gasteiger partial charge in [0.15, 0.2) is 0 Å². The Bertz CT molecular complexity index is 341. The number of carboxylic acids is 1. The highest BCUT2D eigenvalue weighted by Crippen LogP contribution is 2.37. The number of nitrogens with one attached hydrogen (secondary N) is 1. The number of aliphatic carboxylic acids is 1. The van der Waals surface area contributed by atoms with Gasteiger partial charge in [-0.25, -0.2) is 0 Å². The van der Waals surface area contributed by atoms with Gasteiger partial charge in [-0.15, -0.1) is 0 Å². The molecule has 108 valence electrons. The fourth-order valence-corrected chi connectivity index (χ4v) is 4.39. The number of carboxylic acid groups (broad SMARTS) is 1. The number of nitrogens with zero attached hydrogens (tertiary/aromatic N) is 1. The molecule has 0 aromatic carbocycles. The summed E-state index contributed by atoms with van der Waals surface area (Å²) in [6, 6.07) is 0.646. The molecule has 3 fully saturated rings. The third-order valence-corrected chi connectivity index (χ3v) is 5.42. The summed E-state index contributed by atoms with van der Waals surface area (Å²) in [5.74, 6) is -0.618. The number of hydrogen-bond donors (Lipinski definition) is 2.